The number of nitrogens with one attached hydrogen (secondary N) is 1. The number of anilines is 1. The highest BCUT2D eigenvalue weighted by Gasteiger charge is 2.20. The molecule has 4 nitrogen and oxygen atoms in total. The van der Waals surface area contributed by atoms with Gasteiger partial charge in [0.15, 0.2) is 0 Å². The van der Waals surface area contributed by atoms with Crippen LogP contribution >= 0.6 is 0 Å². The van der Waals surface area contributed by atoms with Gasteiger partial charge in [0, 0.05) is 24.8 Å². The first kappa shape index (κ1) is 16.2. The van der Waals surface area contributed by atoms with E-state index in [-0.39, 0.29) is 0 Å². The van der Waals surface area contributed by atoms with Crippen molar-refractivity contribution < 1.29 is 0 Å². The lowest BCUT2D eigenvalue weighted by molar-refractivity contribution is 0.373. The molecule has 1 fully saturated rings. The fraction of sp³-hybridized carbons (Fsp3) is 0.765. The van der Waals surface area contributed by atoms with Crippen molar-refractivity contribution in [3.05, 3.63) is 18.1 Å². The minimum absolute atomic E-state index is 0.463. The molecule has 4 heteroatoms. The third-order valence-corrected chi connectivity index (χ3v) is 4.19. The van der Waals surface area contributed by atoms with Crippen molar-refractivity contribution in [2.24, 2.45) is 11.8 Å². The average Bonchev–Trinajstić information content (AvgIpc) is 2.48. The Labute approximate surface area is 129 Å². The number of aromatic nitrogens is 2. The molecular weight excluding hydrogens is 260 g/mol. The fourth-order valence-electron chi connectivity index (χ4n) is 2.79. The highest BCUT2D eigenvalue weighted by Crippen LogP contribution is 2.23. The zero-order valence-electron chi connectivity index (χ0n) is 14.0. The second-order valence-corrected chi connectivity index (χ2v) is 6.94. The van der Waals surface area contributed by atoms with Crippen LogP contribution in [-0.2, 0) is 0 Å². The van der Waals surface area contributed by atoms with Gasteiger partial charge in [0.2, 0.25) is 0 Å². The number of hydrogen-bond acceptors (Lipinski definition) is 4. The molecule has 0 atom stereocenters. The molecule has 1 aliphatic heterocycles. The van der Waals surface area contributed by atoms with E-state index in [1.807, 2.05) is 0 Å². The molecule has 1 aromatic heterocycles. The van der Waals surface area contributed by atoms with Crippen LogP contribution in [0.5, 0.6) is 0 Å². The summed E-state index contributed by atoms with van der Waals surface area (Å²) in [4.78, 5) is 11.2. The Hall–Kier alpha value is -1.16. The van der Waals surface area contributed by atoms with Gasteiger partial charge >= 0.3 is 0 Å². The smallest absolute Gasteiger partial charge is 0.132 e. The predicted octanol–water partition coefficient (Wildman–Crippen LogP) is 3.06. The van der Waals surface area contributed by atoms with Crippen LogP contribution in [0.25, 0.3) is 0 Å². The van der Waals surface area contributed by atoms with Crippen molar-refractivity contribution in [3.8, 4) is 0 Å². The summed E-state index contributed by atoms with van der Waals surface area (Å²) in [6, 6.07) is 2.15. The van der Waals surface area contributed by atoms with Crippen LogP contribution in [-0.4, -0.2) is 36.1 Å². The van der Waals surface area contributed by atoms with E-state index in [9.17, 15) is 0 Å². The van der Waals surface area contributed by atoms with Crippen LogP contribution in [0.4, 0.5) is 5.82 Å². The average molecular weight is 290 g/mol. The summed E-state index contributed by atoms with van der Waals surface area (Å²) in [7, 11) is 0. The molecule has 0 unspecified atom stereocenters. The zero-order chi connectivity index (χ0) is 15.2. The Kier molecular flexibility index (Phi) is 5.97. The molecule has 118 valence electrons. The molecule has 0 saturated carbocycles. The van der Waals surface area contributed by atoms with Gasteiger partial charge < -0.3 is 10.2 Å². The summed E-state index contributed by atoms with van der Waals surface area (Å²) in [5, 5.41) is 3.59. The van der Waals surface area contributed by atoms with Crippen LogP contribution in [0, 0.1) is 11.8 Å². The van der Waals surface area contributed by atoms with Crippen molar-refractivity contribution in [1.82, 2.24) is 15.3 Å². The lowest BCUT2D eigenvalue weighted by Crippen LogP contribution is -2.38. The van der Waals surface area contributed by atoms with Gasteiger partial charge in [0.25, 0.3) is 0 Å². The minimum Gasteiger partial charge on any atom is -0.356 e. The van der Waals surface area contributed by atoms with Crippen LogP contribution in [0.15, 0.2) is 12.4 Å². The molecule has 0 amide bonds. The highest BCUT2D eigenvalue weighted by molar-refractivity contribution is 5.39. The monoisotopic (exact) mass is 290 g/mol. The van der Waals surface area contributed by atoms with E-state index in [2.05, 4.69) is 53.9 Å². The van der Waals surface area contributed by atoms with Gasteiger partial charge in [-0.3, -0.25) is 0 Å². The Bertz CT molecular complexity index is 423. The molecule has 1 saturated heterocycles. The van der Waals surface area contributed by atoms with Gasteiger partial charge in [0.05, 0.1) is 0 Å². The van der Waals surface area contributed by atoms with E-state index in [4.69, 9.17) is 0 Å². The molecule has 1 aromatic rings. The minimum atomic E-state index is 0.463. The SMILES string of the molecule is CC(C)CNCC1CCN(c2cc(C(C)C)ncn2)CC1. The topological polar surface area (TPSA) is 41.0 Å². The van der Waals surface area contributed by atoms with Crippen LogP contribution in [0.1, 0.15) is 52.1 Å². The molecule has 0 spiro atoms. The standard InChI is InChI=1S/C17H30N4/c1-13(2)10-18-11-15-5-7-21(8-6-15)17-9-16(14(3)4)19-12-20-17/h9,12-15,18H,5-8,10-11H2,1-4H3. The molecule has 0 aromatic carbocycles. The predicted molar refractivity (Wildman–Crippen MR) is 88.8 cm³/mol. The van der Waals surface area contributed by atoms with Crippen LogP contribution in [0.3, 0.4) is 0 Å². The lowest BCUT2D eigenvalue weighted by atomic mass is 9.96. The molecule has 21 heavy (non-hydrogen) atoms. The highest BCUT2D eigenvalue weighted by atomic mass is 15.2. The Balaban J connectivity index is 1.82. The largest absolute Gasteiger partial charge is 0.356 e. The molecule has 0 radical (unpaired) electrons. The molecule has 1 N–H and O–H groups in total. The molecule has 1 aliphatic rings. The van der Waals surface area contributed by atoms with E-state index < -0.39 is 0 Å². The number of nitrogens with zero attached hydrogens (tertiary/aromatic N) is 3. The van der Waals surface area contributed by atoms with Crippen molar-refractivity contribution in [2.75, 3.05) is 31.1 Å². The van der Waals surface area contributed by atoms with E-state index in [0.29, 0.717) is 5.92 Å². The third-order valence-electron chi connectivity index (χ3n) is 4.19. The van der Waals surface area contributed by atoms with E-state index in [0.717, 1.165) is 49.5 Å². The number of piperidine rings is 1. The van der Waals surface area contributed by atoms with Gasteiger partial charge in [-0.2, -0.15) is 0 Å². The Morgan fingerprint density at radius 1 is 1.19 bits per heavy atom. The fourth-order valence-corrected chi connectivity index (χ4v) is 2.79. The van der Waals surface area contributed by atoms with Crippen molar-refractivity contribution in [3.63, 3.8) is 0 Å². The molecule has 2 heterocycles. The Morgan fingerprint density at radius 3 is 2.52 bits per heavy atom. The molecule has 0 bridgehead atoms. The molecule has 2 rings (SSSR count). The summed E-state index contributed by atoms with van der Waals surface area (Å²) in [6.07, 6.45) is 4.22. The first-order valence-electron chi connectivity index (χ1n) is 8.34. The van der Waals surface area contributed by atoms with E-state index in [1.54, 1.807) is 6.33 Å². The van der Waals surface area contributed by atoms with Gasteiger partial charge in [-0.25, -0.2) is 9.97 Å². The number of rotatable bonds is 6. The molecular formula is C17H30N4. The first-order chi connectivity index (χ1) is 10.1. The Morgan fingerprint density at radius 2 is 1.90 bits per heavy atom. The summed E-state index contributed by atoms with van der Waals surface area (Å²) in [5.41, 5.74) is 1.14. The van der Waals surface area contributed by atoms with E-state index in [1.165, 1.54) is 12.8 Å². The summed E-state index contributed by atoms with van der Waals surface area (Å²) in [6.45, 7) is 13.4. The van der Waals surface area contributed by atoms with Gasteiger partial charge in [-0.1, -0.05) is 27.7 Å². The maximum atomic E-state index is 4.46. The quantitative estimate of drug-likeness (QED) is 0.874. The van der Waals surface area contributed by atoms with Crippen molar-refractivity contribution >= 4 is 5.82 Å². The summed E-state index contributed by atoms with van der Waals surface area (Å²) >= 11 is 0. The summed E-state index contributed by atoms with van der Waals surface area (Å²) < 4.78 is 0. The van der Waals surface area contributed by atoms with E-state index >= 15 is 0 Å². The van der Waals surface area contributed by atoms with Gasteiger partial charge in [-0.15, -0.1) is 0 Å². The van der Waals surface area contributed by atoms with Crippen LogP contribution in [0.2, 0.25) is 0 Å². The van der Waals surface area contributed by atoms with Crippen LogP contribution < -0.4 is 10.2 Å². The second kappa shape index (κ2) is 7.74. The summed E-state index contributed by atoms with van der Waals surface area (Å²) in [5.74, 6) is 3.11. The van der Waals surface area contributed by atoms with Gasteiger partial charge in [-0.05, 0) is 43.7 Å². The third kappa shape index (κ3) is 4.95. The first-order valence-corrected chi connectivity index (χ1v) is 8.34. The lowest BCUT2D eigenvalue weighted by Gasteiger charge is -2.33. The molecule has 0 aliphatic carbocycles. The van der Waals surface area contributed by atoms with Crippen molar-refractivity contribution in [2.45, 2.75) is 46.5 Å². The van der Waals surface area contributed by atoms with Gasteiger partial charge in [0.1, 0.15) is 12.1 Å². The zero-order valence-corrected chi connectivity index (χ0v) is 14.0. The maximum Gasteiger partial charge on any atom is 0.132 e. The normalized spacial score (nSPS) is 17.0. The second-order valence-electron chi connectivity index (χ2n) is 6.94. The van der Waals surface area contributed by atoms with Crippen molar-refractivity contribution in [1.29, 1.82) is 0 Å². The number of hydrogen-bond donors (Lipinski definition) is 1. The maximum absolute atomic E-state index is 4.46.